The van der Waals surface area contributed by atoms with E-state index < -0.39 is 11.6 Å². The van der Waals surface area contributed by atoms with Gasteiger partial charge in [-0.1, -0.05) is 18.2 Å². The summed E-state index contributed by atoms with van der Waals surface area (Å²) in [5.74, 6) is -0.743. The summed E-state index contributed by atoms with van der Waals surface area (Å²) in [5.41, 5.74) is -0.117. The van der Waals surface area contributed by atoms with Gasteiger partial charge >= 0.3 is 5.97 Å². The van der Waals surface area contributed by atoms with E-state index in [2.05, 4.69) is 9.97 Å². The van der Waals surface area contributed by atoms with Crippen molar-refractivity contribution in [2.24, 2.45) is 0 Å². The maximum absolute atomic E-state index is 12.4. The molecule has 24 heavy (non-hydrogen) atoms. The number of cyclic esters (lactones) is 1. The second-order valence-corrected chi connectivity index (χ2v) is 5.40. The molecular formula is C18H12N2O4. The van der Waals surface area contributed by atoms with E-state index in [0.717, 1.165) is 0 Å². The molecule has 4 rings (SSSR count). The molecule has 0 saturated carbocycles. The molecule has 0 bridgehead atoms. The predicted octanol–water partition coefficient (Wildman–Crippen LogP) is 2.35. The van der Waals surface area contributed by atoms with Gasteiger partial charge in [0, 0.05) is 30.4 Å². The highest BCUT2D eigenvalue weighted by atomic mass is 16.6. The van der Waals surface area contributed by atoms with Crippen molar-refractivity contribution >= 4 is 5.97 Å². The van der Waals surface area contributed by atoms with Crippen LogP contribution in [0, 0.1) is 0 Å². The Balaban J connectivity index is 2.13. The second kappa shape index (κ2) is 5.06. The van der Waals surface area contributed by atoms with Crippen molar-refractivity contribution in [1.82, 2.24) is 9.97 Å². The molecule has 0 atom stereocenters. The van der Waals surface area contributed by atoms with Gasteiger partial charge in [-0.15, -0.1) is 0 Å². The first-order valence-electron chi connectivity index (χ1n) is 7.24. The highest BCUT2D eigenvalue weighted by Crippen LogP contribution is 2.51. The number of fused-ring (bicyclic) bond motifs is 1. The van der Waals surface area contributed by atoms with Gasteiger partial charge in [-0.25, -0.2) is 4.79 Å². The lowest BCUT2D eigenvalue weighted by Gasteiger charge is -2.30. The number of hydrogen-bond acceptors (Lipinski definition) is 6. The van der Waals surface area contributed by atoms with E-state index in [1.165, 1.54) is 36.9 Å². The molecule has 118 valence electrons. The van der Waals surface area contributed by atoms with E-state index in [0.29, 0.717) is 11.1 Å². The number of aromatic hydroxyl groups is 2. The van der Waals surface area contributed by atoms with E-state index in [4.69, 9.17) is 4.74 Å². The molecular weight excluding hydrogens is 308 g/mol. The zero-order chi connectivity index (χ0) is 16.7. The number of nitrogens with zero attached hydrogens (tertiary/aromatic N) is 2. The summed E-state index contributed by atoms with van der Waals surface area (Å²) >= 11 is 0. The molecule has 0 unspecified atom stereocenters. The van der Waals surface area contributed by atoms with E-state index in [1.54, 1.807) is 24.3 Å². The number of rotatable bonds is 2. The average Bonchev–Trinajstić information content (AvgIpc) is 2.90. The third-order valence-electron chi connectivity index (χ3n) is 4.13. The van der Waals surface area contributed by atoms with E-state index in [1.807, 2.05) is 0 Å². The van der Waals surface area contributed by atoms with Gasteiger partial charge in [-0.3, -0.25) is 9.97 Å². The second-order valence-electron chi connectivity index (χ2n) is 5.40. The summed E-state index contributed by atoms with van der Waals surface area (Å²) in [5, 5.41) is 20.7. The molecule has 3 aromatic rings. The molecule has 0 saturated heterocycles. The van der Waals surface area contributed by atoms with Gasteiger partial charge in [-0.2, -0.15) is 0 Å². The highest BCUT2D eigenvalue weighted by Gasteiger charge is 2.51. The summed E-state index contributed by atoms with van der Waals surface area (Å²) < 4.78 is 5.71. The molecule has 2 N–H and O–H groups in total. The van der Waals surface area contributed by atoms with Gasteiger partial charge in [0.1, 0.15) is 11.5 Å². The minimum Gasteiger partial charge on any atom is -0.507 e. The van der Waals surface area contributed by atoms with E-state index >= 15 is 0 Å². The maximum Gasteiger partial charge on any atom is 0.340 e. The topological polar surface area (TPSA) is 92.5 Å². The van der Waals surface area contributed by atoms with Crippen LogP contribution in [-0.2, 0) is 10.3 Å². The minimum atomic E-state index is -1.51. The standard InChI is InChI=1S/C18H12N2O4/c21-15-5-7-19-9-13(15)18(14-10-20-8-6-16(14)22)12-4-2-1-3-11(12)17(23)24-18/h1-10H,(H,19,21)(H,20,22). The minimum absolute atomic E-state index is 0.0993. The normalized spacial score (nSPS) is 14.9. The molecule has 6 heteroatoms. The molecule has 0 fully saturated rings. The highest BCUT2D eigenvalue weighted by molar-refractivity contribution is 5.96. The monoisotopic (exact) mass is 320 g/mol. The molecule has 1 aliphatic rings. The molecule has 1 aliphatic heterocycles. The van der Waals surface area contributed by atoms with Gasteiger partial charge in [0.15, 0.2) is 5.60 Å². The third-order valence-corrected chi connectivity index (χ3v) is 4.13. The Hall–Kier alpha value is -3.41. The van der Waals surface area contributed by atoms with Gasteiger partial charge in [0.05, 0.1) is 16.7 Å². The van der Waals surface area contributed by atoms with Crippen LogP contribution in [0.1, 0.15) is 27.0 Å². The summed E-state index contributed by atoms with van der Waals surface area (Å²) in [6.45, 7) is 0. The Morgan fingerprint density at radius 3 is 2.00 bits per heavy atom. The Bertz CT molecular complexity index is 910. The van der Waals surface area contributed by atoms with Crippen molar-refractivity contribution in [3.63, 3.8) is 0 Å². The maximum atomic E-state index is 12.4. The average molecular weight is 320 g/mol. The van der Waals surface area contributed by atoms with Crippen molar-refractivity contribution in [3.8, 4) is 11.5 Å². The number of esters is 1. The summed E-state index contributed by atoms with van der Waals surface area (Å²) in [6.07, 6.45) is 5.69. The van der Waals surface area contributed by atoms with Crippen molar-refractivity contribution in [2.45, 2.75) is 5.60 Å². The first-order valence-corrected chi connectivity index (χ1v) is 7.24. The van der Waals surface area contributed by atoms with Crippen molar-refractivity contribution in [3.05, 3.63) is 83.4 Å². The van der Waals surface area contributed by atoms with Crippen LogP contribution >= 0.6 is 0 Å². The van der Waals surface area contributed by atoms with Gasteiger partial charge in [-0.05, 0) is 18.2 Å². The number of aromatic nitrogens is 2. The van der Waals surface area contributed by atoms with Crippen LogP contribution < -0.4 is 0 Å². The smallest absolute Gasteiger partial charge is 0.340 e. The van der Waals surface area contributed by atoms with Crippen molar-refractivity contribution in [1.29, 1.82) is 0 Å². The Morgan fingerprint density at radius 2 is 1.42 bits per heavy atom. The number of carbonyl (C=O) groups excluding carboxylic acids is 1. The SMILES string of the molecule is O=C1OC(c2cnccc2O)(c2cnccc2O)c2ccccc21. The first kappa shape index (κ1) is 14.2. The lowest BCUT2D eigenvalue weighted by molar-refractivity contribution is 0.0238. The molecule has 6 nitrogen and oxygen atoms in total. The van der Waals surface area contributed by atoms with Crippen LogP contribution in [0.25, 0.3) is 0 Å². The van der Waals surface area contributed by atoms with Crippen LogP contribution in [0.2, 0.25) is 0 Å². The number of ether oxygens (including phenoxy) is 1. The summed E-state index contributed by atoms with van der Waals surface area (Å²) in [7, 11) is 0. The number of carbonyl (C=O) groups is 1. The van der Waals surface area contributed by atoms with Crippen molar-refractivity contribution in [2.75, 3.05) is 0 Å². The first-order chi connectivity index (χ1) is 11.6. The molecule has 2 aromatic heterocycles. The number of hydrogen-bond donors (Lipinski definition) is 2. The van der Waals surface area contributed by atoms with Crippen LogP contribution in [0.5, 0.6) is 11.5 Å². The summed E-state index contributed by atoms with van der Waals surface area (Å²) in [4.78, 5) is 20.5. The van der Waals surface area contributed by atoms with Crippen LogP contribution in [-0.4, -0.2) is 26.2 Å². The molecule has 1 aromatic carbocycles. The fourth-order valence-corrected chi connectivity index (χ4v) is 3.08. The third kappa shape index (κ3) is 1.80. The van der Waals surface area contributed by atoms with Crippen LogP contribution in [0.3, 0.4) is 0 Å². The van der Waals surface area contributed by atoms with Gasteiger partial charge in [0.25, 0.3) is 0 Å². The van der Waals surface area contributed by atoms with Crippen LogP contribution in [0.15, 0.2) is 61.2 Å². The predicted molar refractivity (Wildman–Crippen MR) is 83.5 cm³/mol. The lowest BCUT2D eigenvalue weighted by Crippen LogP contribution is -2.30. The molecule has 0 spiro atoms. The number of pyridine rings is 2. The van der Waals surface area contributed by atoms with E-state index in [-0.39, 0.29) is 22.6 Å². The number of benzene rings is 1. The largest absolute Gasteiger partial charge is 0.507 e. The zero-order valence-electron chi connectivity index (χ0n) is 12.4. The summed E-state index contributed by atoms with van der Waals surface area (Å²) in [6, 6.07) is 9.65. The van der Waals surface area contributed by atoms with Gasteiger partial charge < -0.3 is 14.9 Å². The fourth-order valence-electron chi connectivity index (χ4n) is 3.08. The van der Waals surface area contributed by atoms with E-state index in [9.17, 15) is 15.0 Å². The Labute approximate surface area is 137 Å². The molecule has 0 amide bonds. The van der Waals surface area contributed by atoms with Crippen molar-refractivity contribution < 1.29 is 19.7 Å². The fraction of sp³-hybridized carbons (Fsp3) is 0.0556. The Kier molecular flexibility index (Phi) is 2.99. The zero-order valence-corrected chi connectivity index (χ0v) is 12.4. The lowest BCUT2D eigenvalue weighted by atomic mass is 9.80. The molecule has 0 radical (unpaired) electrons. The molecule has 0 aliphatic carbocycles. The van der Waals surface area contributed by atoms with Gasteiger partial charge in [0.2, 0.25) is 0 Å². The molecule has 3 heterocycles. The Morgan fingerprint density at radius 1 is 0.833 bits per heavy atom. The quantitative estimate of drug-likeness (QED) is 0.704. The van der Waals surface area contributed by atoms with Crippen LogP contribution in [0.4, 0.5) is 0 Å².